The summed E-state index contributed by atoms with van der Waals surface area (Å²) in [7, 11) is 0. The second kappa shape index (κ2) is 5.98. The summed E-state index contributed by atoms with van der Waals surface area (Å²) in [4.78, 5) is 27.7. The van der Waals surface area contributed by atoms with Crippen molar-refractivity contribution < 1.29 is 19.1 Å². The summed E-state index contributed by atoms with van der Waals surface area (Å²) in [5.41, 5.74) is -1.71. The van der Waals surface area contributed by atoms with Crippen LogP contribution in [0, 0.1) is 0 Å². The highest BCUT2D eigenvalue weighted by Gasteiger charge is 2.46. The van der Waals surface area contributed by atoms with Gasteiger partial charge in [-0.05, 0) is 26.0 Å². The molecular weight excluding hydrogens is 222 g/mol. The van der Waals surface area contributed by atoms with Crippen LogP contribution < -0.4 is 0 Å². The van der Waals surface area contributed by atoms with E-state index in [0.29, 0.717) is 0 Å². The van der Waals surface area contributed by atoms with Crippen LogP contribution in [0.1, 0.15) is 13.8 Å². The van der Waals surface area contributed by atoms with Gasteiger partial charge in [-0.3, -0.25) is 4.99 Å². The Morgan fingerprint density at radius 2 is 1.65 bits per heavy atom. The Hall–Kier alpha value is -1.91. The third-order valence-corrected chi connectivity index (χ3v) is 2.10. The summed E-state index contributed by atoms with van der Waals surface area (Å²) >= 11 is 0. The van der Waals surface area contributed by atoms with Gasteiger partial charge in [-0.2, -0.15) is 0 Å². The Labute approximate surface area is 99.8 Å². The molecule has 0 amide bonds. The molecule has 0 aromatic rings. The first-order chi connectivity index (χ1) is 8.17. The van der Waals surface area contributed by atoms with E-state index in [1.54, 1.807) is 32.1 Å². The third-order valence-electron chi connectivity index (χ3n) is 2.10. The van der Waals surface area contributed by atoms with Gasteiger partial charge in [-0.1, -0.05) is 12.2 Å². The SMILES string of the molecule is CCOC(=O)C1(C(=O)OCC)C=CC=CC=N1. The number of nitrogens with zero attached hydrogens (tertiary/aromatic N) is 1. The van der Waals surface area contributed by atoms with Gasteiger partial charge in [0, 0.05) is 6.21 Å². The minimum atomic E-state index is -1.71. The number of esters is 2. The Morgan fingerprint density at radius 1 is 1.06 bits per heavy atom. The first-order valence-corrected chi connectivity index (χ1v) is 5.41. The lowest BCUT2D eigenvalue weighted by Crippen LogP contribution is -2.45. The number of hydrogen-bond donors (Lipinski definition) is 0. The minimum absolute atomic E-state index is 0.177. The molecule has 0 unspecified atom stereocenters. The molecule has 0 aromatic carbocycles. The van der Waals surface area contributed by atoms with Crippen LogP contribution in [-0.2, 0) is 19.1 Å². The average Bonchev–Trinajstić information content (AvgIpc) is 2.56. The van der Waals surface area contributed by atoms with Crippen molar-refractivity contribution in [2.24, 2.45) is 4.99 Å². The molecule has 0 saturated carbocycles. The van der Waals surface area contributed by atoms with Crippen molar-refractivity contribution >= 4 is 18.2 Å². The quantitative estimate of drug-likeness (QED) is 0.541. The number of allylic oxidation sites excluding steroid dienone is 3. The van der Waals surface area contributed by atoms with Gasteiger partial charge < -0.3 is 9.47 Å². The highest BCUT2D eigenvalue weighted by molar-refractivity contribution is 6.09. The lowest BCUT2D eigenvalue weighted by molar-refractivity contribution is -0.160. The van der Waals surface area contributed by atoms with Gasteiger partial charge in [-0.25, -0.2) is 9.59 Å². The van der Waals surface area contributed by atoms with E-state index in [1.807, 2.05) is 0 Å². The van der Waals surface area contributed by atoms with Gasteiger partial charge in [0.1, 0.15) is 0 Å². The van der Waals surface area contributed by atoms with E-state index in [4.69, 9.17) is 9.47 Å². The van der Waals surface area contributed by atoms with Crippen molar-refractivity contribution in [2.75, 3.05) is 13.2 Å². The molecule has 0 bridgehead atoms. The number of ether oxygens (including phenoxy) is 2. The molecule has 5 heteroatoms. The van der Waals surface area contributed by atoms with E-state index in [1.165, 1.54) is 12.3 Å². The number of carbonyl (C=O) groups is 2. The molecule has 0 atom stereocenters. The Bertz CT molecular complexity index is 346. The molecule has 17 heavy (non-hydrogen) atoms. The second-order valence-electron chi connectivity index (χ2n) is 3.23. The maximum absolute atomic E-state index is 11.9. The summed E-state index contributed by atoms with van der Waals surface area (Å²) in [5, 5.41) is 0. The number of aliphatic imine (C=N–C) groups is 1. The number of rotatable bonds is 4. The Kier molecular flexibility index (Phi) is 4.63. The van der Waals surface area contributed by atoms with Crippen molar-refractivity contribution in [2.45, 2.75) is 19.4 Å². The molecular formula is C12H15NO4. The van der Waals surface area contributed by atoms with E-state index < -0.39 is 17.5 Å². The van der Waals surface area contributed by atoms with Crippen molar-refractivity contribution in [3.8, 4) is 0 Å². The smallest absolute Gasteiger partial charge is 0.349 e. The molecule has 1 heterocycles. The molecule has 1 aliphatic rings. The molecule has 92 valence electrons. The summed E-state index contributed by atoms with van der Waals surface area (Å²) in [5.74, 6) is -1.45. The Balaban J connectivity index is 3.08. The van der Waals surface area contributed by atoms with Crippen LogP contribution in [0.4, 0.5) is 0 Å². The zero-order valence-electron chi connectivity index (χ0n) is 9.88. The van der Waals surface area contributed by atoms with Crippen LogP contribution in [0.2, 0.25) is 0 Å². The zero-order chi connectivity index (χ0) is 12.7. The molecule has 0 saturated heterocycles. The number of carbonyl (C=O) groups excluding carboxylic acids is 2. The fourth-order valence-electron chi connectivity index (χ4n) is 1.32. The third kappa shape index (κ3) is 2.81. The standard InChI is InChI=1S/C12H15NO4/c1-3-16-10(14)12(11(15)17-4-2)8-6-5-7-9-13-12/h5-9H,3-4H2,1-2H3. The molecule has 0 aliphatic carbocycles. The molecule has 0 spiro atoms. The van der Waals surface area contributed by atoms with Crippen LogP contribution >= 0.6 is 0 Å². The maximum atomic E-state index is 11.9. The molecule has 0 N–H and O–H groups in total. The predicted molar refractivity (Wildman–Crippen MR) is 62.8 cm³/mol. The van der Waals surface area contributed by atoms with Gasteiger partial charge in [0.25, 0.3) is 5.54 Å². The van der Waals surface area contributed by atoms with E-state index in [2.05, 4.69) is 4.99 Å². The highest BCUT2D eigenvalue weighted by atomic mass is 16.6. The number of hydrogen-bond acceptors (Lipinski definition) is 5. The molecule has 0 radical (unpaired) electrons. The van der Waals surface area contributed by atoms with Crippen LogP contribution in [0.3, 0.4) is 0 Å². The van der Waals surface area contributed by atoms with E-state index >= 15 is 0 Å². The van der Waals surface area contributed by atoms with Crippen molar-refractivity contribution in [1.29, 1.82) is 0 Å². The summed E-state index contributed by atoms with van der Waals surface area (Å²) in [6, 6.07) is 0. The van der Waals surface area contributed by atoms with Gasteiger partial charge in [0.2, 0.25) is 0 Å². The van der Waals surface area contributed by atoms with Crippen LogP contribution in [-0.4, -0.2) is 36.9 Å². The molecule has 1 aliphatic heterocycles. The first-order valence-electron chi connectivity index (χ1n) is 5.41. The average molecular weight is 237 g/mol. The molecule has 0 aromatic heterocycles. The predicted octanol–water partition coefficient (Wildman–Crippen LogP) is 1.05. The van der Waals surface area contributed by atoms with Crippen molar-refractivity contribution in [1.82, 2.24) is 0 Å². The fraction of sp³-hybridized carbons (Fsp3) is 0.417. The molecule has 5 nitrogen and oxygen atoms in total. The summed E-state index contributed by atoms with van der Waals surface area (Å²) in [6.07, 6.45) is 7.62. The summed E-state index contributed by atoms with van der Waals surface area (Å²) < 4.78 is 9.75. The lowest BCUT2D eigenvalue weighted by atomic mass is 10.0. The van der Waals surface area contributed by atoms with Gasteiger partial charge in [-0.15, -0.1) is 0 Å². The van der Waals surface area contributed by atoms with Gasteiger partial charge in [0.05, 0.1) is 13.2 Å². The topological polar surface area (TPSA) is 65.0 Å². The largest absolute Gasteiger partial charge is 0.463 e. The van der Waals surface area contributed by atoms with E-state index in [9.17, 15) is 9.59 Å². The van der Waals surface area contributed by atoms with Crippen molar-refractivity contribution in [3.63, 3.8) is 0 Å². The zero-order valence-corrected chi connectivity index (χ0v) is 9.88. The van der Waals surface area contributed by atoms with Gasteiger partial charge >= 0.3 is 11.9 Å². The van der Waals surface area contributed by atoms with Crippen molar-refractivity contribution in [3.05, 3.63) is 24.3 Å². The maximum Gasteiger partial charge on any atom is 0.349 e. The van der Waals surface area contributed by atoms with Crippen LogP contribution in [0.25, 0.3) is 0 Å². The van der Waals surface area contributed by atoms with Crippen LogP contribution in [0.15, 0.2) is 29.3 Å². The van der Waals surface area contributed by atoms with E-state index in [-0.39, 0.29) is 13.2 Å². The fourth-order valence-corrected chi connectivity index (χ4v) is 1.32. The molecule has 0 fully saturated rings. The van der Waals surface area contributed by atoms with Gasteiger partial charge in [0.15, 0.2) is 0 Å². The Morgan fingerprint density at radius 3 is 2.18 bits per heavy atom. The minimum Gasteiger partial charge on any atom is -0.463 e. The highest BCUT2D eigenvalue weighted by Crippen LogP contribution is 2.19. The second-order valence-corrected chi connectivity index (χ2v) is 3.23. The van der Waals surface area contributed by atoms with Crippen LogP contribution in [0.5, 0.6) is 0 Å². The summed E-state index contributed by atoms with van der Waals surface area (Å²) in [6.45, 7) is 3.69. The molecule has 1 rings (SSSR count). The van der Waals surface area contributed by atoms with E-state index in [0.717, 1.165) is 0 Å². The monoisotopic (exact) mass is 237 g/mol. The lowest BCUT2D eigenvalue weighted by Gasteiger charge is -2.21. The first kappa shape index (κ1) is 13.2. The normalized spacial score (nSPS) is 16.4.